The molecular weight excluding hydrogens is 265 g/mol. The number of halogens is 2. The van der Waals surface area contributed by atoms with Gasteiger partial charge >= 0.3 is 0 Å². The highest BCUT2D eigenvalue weighted by atomic mass is 35.5. The van der Waals surface area contributed by atoms with Gasteiger partial charge in [-0.05, 0) is 35.9 Å². The Morgan fingerprint density at radius 3 is 2.58 bits per heavy atom. The molecule has 0 radical (unpaired) electrons. The maximum absolute atomic E-state index is 12.9. The first-order valence-corrected chi connectivity index (χ1v) is 6.10. The Bertz CT molecular complexity index is 692. The van der Waals surface area contributed by atoms with Gasteiger partial charge in [0.05, 0.1) is 16.3 Å². The second-order valence-corrected chi connectivity index (χ2v) is 4.63. The van der Waals surface area contributed by atoms with Crippen LogP contribution in [0.3, 0.4) is 0 Å². The van der Waals surface area contributed by atoms with Gasteiger partial charge in [-0.15, -0.1) is 0 Å². The highest BCUT2D eigenvalue weighted by molar-refractivity contribution is 6.41. The second-order valence-electron chi connectivity index (χ2n) is 4.23. The minimum absolute atomic E-state index is 0.201. The predicted octanol–water partition coefficient (Wildman–Crippen LogP) is 3.97. The minimum Gasteiger partial charge on any atom is -0.321 e. The summed E-state index contributed by atoms with van der Waals surface area (Å²) in [5.41, 5.74) is 2.64. The van der Waals surface area contributed by atoms with Gasteiger partial charge in [0.15, 0.2) is 0 Å². The van der Waals surface area contributed by atoms with Crippen molar-refractivity contribution in [1.82, 2.24) is 0 Å². The van der Waals surface area contributed by atoms with E-state index in [-0.39, 0.29) is 11.7 Å². The molecule has 2 aromatic rings. The van der Waals surface area contributed by atoms with Crippen molar-refractivity contribution >= 4 is 34.8 Å². The summed E-state index contributed by atoms with van der Waals surface area (Å²) in [6.45, 7) is 0. The molecule has 0 fully saturated rings. The van der Waals surface area contributed by atoms with Crippen molar-refractivity contribution in [3.05, 3.63) is 64.4 Å². The first-order valence-electron chi connectivity index (χ1n) is 5.72. The maximum Gasteiger partial charge on any atom is 0.256 e. The molecule has 4 heteroatoms. The number of carbonyl (C=O) groups excluding carboxylic acids is 1. The highest BCUT2D eigenvalue weighted by Gasteiger charge is 2.26. The van der Waals surface area contributed by atoms with Gasteiger partial charge in [-0.25, -0.2) is 4.39 Å². The molecule has 0 spiro atoms. The molecule has 0 saturated carbocycles. The standard InChI is InChI=1S/C15H9ClFNO/c16-12-2-1-3-13-14(12)11(15(19)18-13)8-9-4-6-10(17)7-5-9/h1-8H,(H,18,19)/b11-8+. The zero-order valence-corrected chi connectivity index (χ0v) is 10.5. The molecule has 1 aliphatic rings. The maximum atomic E-state index is 12.9. The number of hydrogen-bond acceptors (Lipinski definition) is 1. The number of nitrogens with one attached hydrogen (secondary N) is 1. The smallest absolute Gasteiger partial charge is 0.256 e. The summed E-state index contributed by atoms with van der Waals surface area (Å²) in [5.74, 6) is -0.510. The summed E-state index contributed by atoms with van der Waals surface area (Å²) < 4.78 is 12.9. The van der Waals surface area contributed by atoms with Crippen molar-refractivity contribution in [3.8, 4) is 0 Å². The largest absolute Gasteiger partial charge is 0.321 e. The third-order valence-corrected chi connectivity index (χ3v) is 3.27. The first kappa shape index (κ1) is 11.9. The Kier molecular flexibility index (Phi) is 2.84. The number of rotatable bonds is 1. The van der Waals surface area contributed by atoms with Crippen LogP contribution >= 0.6 is 11.6 Å². The Labute approximate surface area is 114 Å². The van der Waals surface area contributed by atoms with Gasteiger partial charge in [-0.2, -0.15) is 0 Å². The average molecular weight is 274 g/mol. The third-order valence-electron chi connectivity index (χ3n) is 2.96. The summed E-state index contributed by atoms with van der Waals surface area (Å²) in [7, 11) is 0. The molecule has 0 bridgehead atoms. The lowest BCUT2D eigenvalue weighted by Gasteiger charge is -2.01. The van der Waals surface area contributed by atoms with Gasteiger partial charge in [-0.3, -0.25) is 4.79 Å². The monoisotopic (exact) mass is 273 g/mol. The van der Waals surface area contributed by atoms with Gasteiger partial charge in [0.25, 0.3) is 5.91 Å². The van der Waals surface area contributed by atoms with Crippen LogP contribution in [0.15, 0.2) is 42.5 Å². The normalized spacial score (nSPS) is 15.5. The summed E-state index contributed by atoms with van der Waals surface area (Å²) in [5, 5.41) is 3.27. The Balaban J connectivity index is 2.11. The molecule has 3 rings (SSSR count). The van der Waals surface area contributed by atoms with Gasteiger partial charge in [0, 0.05) is 5.56 Å². The summed E-state index contributed by atoms with van der Waals surface area (Å²) in [4.78, 5) is 11.9. The SMILES string of the molecule is O=C1Nc2cccc(Cl)c2/C1=C\c1ccc(F)cc1. The molecular formula is C15H9ClFNO. The summed E-state index contributed by atoms with van der Waals surface area (Å²) >= 11 is 6.13. The van der Waals surface area contributed by atoms with E-state index < -0.39 is 0 Å². The van der Waals surface area contributed by atoms with Crippen molar-refractivity contribution in [2.75, 3.05) is 5.32 Å². The van der Waals surface area contributed by atoms with Gasteiger partial charge in [-0.1, -0.05) is 29.8 Å². The molecule has 0 saturated heterocycles. The van der Waals surface area contributed by atoms with E-state index >= 15 is 0 Å². The molecule has 0 atom stereocenters. The highest BCUT2D eigenvalue weighted by Crippen LogP contribution is 2.37. The quantitative estimate of drug-likeness (QED) is 0.783. The van der Waals surface area contributed by atoms with Crippen molar-refractivity contribution in [3.63, 3.8) is 0 Å². The molecule has 94 valence electrons. The van der Waals surface area contributed by atoms with Crippen LogP contribution in [0.2, 0.25) is 5.02 Å². The first-order chi connectivity index (χ1) is 9.15. The summed E-state index contributed by atoms with van der Waals surface area (Å²) in [6, 6.07) is 11.3. The topological polar surface area (TPSA) is 29.1 Å². The van der Waals surface area contributed by atoms with Crippen molar-refractivity contribution in [2.24, 2.45) is 0 Å². The Morgan fingerprint density at radius 1 is 1.11 bits per heavy atom. The van der Waals surface area contributed by atoms with Gasteiger partial charge in [0.2, 0.25) is 0 Å². The van der Waals surface area contributed by atoms with Crippen LogP contribution in [-0.2, 0) is 4.79 Å². The van der Waals surface area contributed by atoms with E-state index in [1.165, 1.54) is 12.1 Å². The molecule has 19 heavy (non-hydrogen) atoms. The van der Waals surface area contributed by atoms with E-state index in [1.807, 2.05) is 0 Å². The number of carbonyl (C=O) groups is 1. The van der Waals surface area contributed by atoms with Crippen LogP contribution in [-0.4, -0.2) is 5.91 Å². The van der Waals surface area contributed by atoms with Gasteiger partial charge in [0.1, 0.15) is 5.82 Å². The van der Waals surface area contributed by atoms with Crippen LogP contribution in [0, 0.1) is 5.82 Å². The number of anilines is 1. The minimum atomic E-state index is -0.309. The molecule has 1 amide bonds. The molecule has 1 aliphatic heterocycles. The third kappa shape index (κ3) is 2.13. The lowest BCUT2D eigenvalue weighted by Crippen LogP contribution is -2.03. The number of amides is 1. The van der Waals surface area contributed by atoms with E-state index in [0.717, 1.165) is 5.56 Å². The molecule has 1 N–H and O–H groups in total. The van der Waals surface area contributed by atoms with E-state index in [4.69, 9.17) is 11.6 Å². The second kappa shape index (κ2) is 4.52. The molecule has 0 aromatic heterocycles. The lowest BCUT2D eigenvalue weighted by atomic mass is 10.0. The number of fused-ring (bicyclic) bond motifs is 1. The number of hydrogen-bond donors (Lipinski definition) is 1. The van der Waals surface area contributed by atoms with E-state index in [9.17, 15) is 9.18 Å². The fourth-order valence-corrected chi connectivity index (χ4v) is 2.34. The van der Waals surface area contributed by atoms with Crippen LogP contribution in [0.1, 0.15) is 11.1 Å². The van der Waals surface area contributed by atoms with Crippen molar-refractivity contribution in [2.45, 2.75) is 0 Å². The zero-order valence-electron chi connectivity index (χ0n) is 9.78. The lowest BCUT2D eigenvalue weighted by molar-refractivity contribution is -0.110. The van der Waals surface area contributed by atoms with Crippen molar-refractivity contribution < 1.29 is 9.18 Å². The van der Waals surface area contributed by atoms with E-state index in [1.54, 1.807) is 36.4 Å². The summed E-state index contributed by atoms with van der Waals surface area (Å²) in [6.07, 6.45) is 1.70. The fourth-order valence-electron chi connectivity index (χ4n) is 2.07. The van der Waals surface area contributed by atoms with Crippen LogP contribution < -0.4 is 5.32 Å². The van der Waals surface area contributed by atoms with E-state index in [2.05, 4.69) is 5.32 Å². The molecule has 0 aliphatic carbocycles. The molecule has 2 nitrogen and oxygen atoms in total. The Hall–Kier alpha value is -2.13. The predicted molar refractivity (Wildman–Crippen MR) is 74.4 cm³/mol. The van der Waals surface area contributed by atoms with Crippen LogP contribution in [0.25, 0.3) is 11.6 Å². The Morgan fingerprint density at radius 2 is 1.84 bits per heavy atom. The molecule has 0 unspecified atom stereocenters. The molecule has 1 heterocycles. The average Bonchev–Trinajstić information content (AvgIpc) is 2.70. The van der Waals surface area contributed by atoms with E-state index in [0.29, 0.717) is 21.8 Å². The van der Waals surface area contributed by atoms with Crippen molar-refractivity contribution in [1.29, 1.82) is 0 Å². The number of benzene rings is 2. The van der Waals surface area contributed by atoms with Crippen LogP contribution in [0.5, 0.6) is 0 Å². The van der Waals surface area contributed by atoms with Crippen LogP contribution in [0.4, 0.5) is 10.1 Å². The van der Waals surface area contributed by atoms with Gasteiger partial charge < -0.3 is 5.32 Å². The zero-order chi connectivity index (χ0) is 13.4. The molecule has 2 aromatic carbocycles. The fraction of sp³-hybridized carbons (Fsp3) is 0.